The fourth-order valence-electron chi connectivity index (χ4n) is 2.38. The highest BCUT2D eigenvalue weighted by molar-refractivity contribution is 5.95. The van der Waals surface area contributed by atoms with Crippen molar-refractivity contribution in [3.05, 3.63) is 70.5 Å². The molecule has 0 radical (unpaired) electrons. The monoisotopic (exact) mass is 314 g/mol. The summed E-state index contributed by atoms with van der Waals surface area (Å²) in [5.41, 5.74) is 9.42. The molecule has 1 amide bonds. The van der Waals surface area contributed by atoms with E-state index in [4.69, 9.17) is 5.73 Å². The molecule has 2 aromatic carbocycles. The molecule has 0 aliphatic carbocycles. The minimum atomic E-state index is -0.422. The summed E-state index contributed by atoms with van der Waals surface area (Å²) in [7, 11) is 0. The summed E-state index contributed by atoms with van der Waals surface area (Å²) in [6.45, 7) is 6.35. The topological polar surface area (TPSA) is 55.1 Å². The lowest BCUT2D eigenvalue weighted by atomic mass is 9.99. The highest BCUT2D eigenvalue weighted by Gasteiger charge is 2.13. The average molecular weight is 314 g/mol. The molecule has 0 saturated carbocycles. The van der Waals surface area contributed by atoms with Gasteiger partial charge >= 0.3 is 0 Å². The van der Waals surface area contributed by atoms with Crippen LogP contribution in [0.1, 0.15) is 52.9 Å². The fraction of sp³-hybridized carbons (Fsp3) is 0.316. The Morgan fingerprint density at radius 1 is 1.13 bits per heavy atom. The standard InChI is InChI=1S/C19H23FN2O/c1-12(2)14-5-7-15(8-6-14)18(21)11-22-19(23)17-10-16(20)9-4-13(17)3/h4-10,12,18H,11,21H2,1-3H3,(H,22,23). The SMILES string of the molecule is Cc1ccc(F)cc1C(=O)NCC(N)c1ccc(C(C)C)cc1. The first-order chi connectivity index (χ1) is 10.9. The Labute approximate surface area is 136 Å². The van der Waals surface area contributed by atoms with E-state index in [1.165, 1.54) is 17.7 Å². The van der Waals surface area contributed by atoms with Crippen molar-refractivity contribution in [1.82, 2.24) is 5.32 Å². The molecule has 23 heavy (non-hydrogen) atoms. The molecule has 0 heterocycles. The van der Waals surface area contributed by atoms with Crippen molar-refractivity contribution in [2.24, 2.45) is 5.73 Å². The molecule has 2 aromatic rings. The molecule has 0 aromatic heterocycles. The van der Waals surface area contributed by atoms with Gasteiger partial charge in [-0.1, -0.05) is 44.2 Å². The Morgan fingerprint density at radius 3 is 2.35 bits per heavy atom. The summed E-state index contributed by atoms with van der Waals surface area (Å²) in [6.07, 6.45) is 0. The molecular formula is C19H23FN2O. The number of hydrogen-bond donors (Lipinski definition) is 2. The summed E-state index contributed by atoms with van der Waals surface area (Å²) < 4.78 is 13.3. The van der Waals surface area contributed by atoms with Crippen LogP contribution in [0.4, 0.5) is 4.39 Å². The molecule has 1 atom stereocenters. The minimum Gasteiger partial charge on any atom is -0.350 e. The Kier molecular flexibility index (Phi) is 5.50. The molecule has 0 saturated heterocycles. The normalized spacial score (nSPS) is 12.3. The van der Waals surface area contributed by atoms with Gasteiger partial charge in [-0.15, -0.1) is 0 Å². The largest absolute Gasteiger partial charge is 0.350 e. The van der Waals surface area contributed by atoms with Gasteiger partial charge in [-0.3, -0.25) is 4.79 Å². The second-order valence-corrected chi connectivity index (χ2v) is 6.10. The van der Waals surface area contributed by atoms with E-state index >= 15 is 0 Å². The van der Waals surface area contributed by atoms with E-state index < -0.39 is 5.82 Å². The Morgan fingerprint density at radius 2 is 1.74 bits per heavy atom. The van der Waals surface area contributed by atoms with Gasteiger partial charge in [0.25, 0.3) is 5.91 Å². The number of amides is 1. The molecule has 0 aliphatic heterocycles. The Bertz CT molecular complexity index is 680. The van der Waals surface area contributed by atoms with Crippen molar-refractivity contribution >= 4 is 5.91 Å². The van der Waals surface area contributed by atoms with Gasteiger partial charge < -0.3 is 11.1 Å². The van der Waals surface area contributed by atoms with Gasteiger partial charge in [0.1, 0.15) is 5.82 Å². The van der Waals surface area contributed by atoms with E-state index in [2.05, 4.69) is 31.3 Å². The number of nitrogens with two attached hydrogens (primary N) is 1. The van der Waals surface area contributed by atoms with Crippen LogP contribution in [-0.4, -0.2) is 12.5 Å². The van der Waals surface area contributed by atoms with Crippen LogP contribution in [0.15, 0.2) is 42.5 Å². The zero-order valence-electron chi connectivity index (χ0n) is 13.8. The third-order valence-corrected chi connectivity index (χ3v) is 3.96. The summed E-state index contributed by atoms with van der Waals surface area (Å²) in [5, 5.41) is 2.77. The molecule has 4 heteroatoms. The summed E-state index contributed by atoms with van der Waals surface area (Å²) in [6, 6.07) is 12.0. The number of carbonyl (C=O) groups is 1. The molecule has 0 aliphatic rings. The molecule has 1 unspecified atom stereocenters. The number of benzene rings is 2. The van der Waals surface area contributed by atoms with E-state index in [0.29, 0.717) is 18.0 Å². The van der Waals surface area contributed by atoms with Gasteiger partial charge in [0, 0.05) is 18.2 Å². The van der Waals surface area contributed by atoms with E-state index in [9.17, 15) is 9.18 Å². The number of rotatable bonds is 5. The predicted octanol–water partition coefficient (Wildman–Crippen LogP) is 3.69. The smallest absolute Gasteiger partial charge is 0.251 e. The lowest BCUT2D eigenvalue weighted by molar-refractivity contribution is 0.0950. The van der Waals surface area contributed by atoms with Crippen molar-refractivity contribution < 1.29 is 9.18 Å². The maximum absolute atomic E-state index is 13.3. The zero-order chi connectivity index (χ0) is 17.0. The van der Waals surface area contributed by atoms with Crippen LogP contribution in [0, 0.1) is 12.7 Å². The average Bonchev–Trinajstić information content (AvgIpc) is 2.54. The van der Waals surface area contributed by atoms with E-state index in [-0.39, 0.29) is 11.9 Å². The first kappa shape index (κ1) is 17.2. The van der Waals surface area contributed by atoms with Crippen LogP contribution in [0.2, 0.25) is 0 Å². The summed E-state index contributed by atoms with van der Waals surface area (Å²) in [5.74, 6) is -0.262. The second kappa shape index (κ2) is 7.38. The number of carbonyl (C=O) groups excluding carboxylic acids is 1. The summed E-state index contributed by atoms with van der Waals surface area (Å²) in [4.78, 5) is 12.2. The van der Waals surface area contributed by atoms with Gasteiger partial charge in [0.05, 0.1) is 0 Å². The summed E-state index contributed by atoms with van der Waals surface area (Å²) >= 11 is 0. The van der Waals surface area contributed by atoms with Crippen LogP contribution in [0.5, 0.6) is 0 Å². The van der Waals surface area contributed by atoms with Gasteiger partial charge in [-0.05, 0) is 41.7 Å². The van der Waals surface area contributed by atoms with Gasteiger partial charge in [0.15, 0.2) is 0 Å². The number of hydrogen-bond acceptors (Lipinski definition) is 2. The predicted molar refractivity (Wildman–Crippen MR) is 90.9 cm³/mol. The Balaban J connectivity index is 1.99. The van der Waals surface area contributed by atoms with E-state index in [0.717, 1.165) is 11.1 Å². The van der Waals surface area contributed by atoms with E-state index in [1.807, 2.05) is 12.1 Å². The Hall–Kier alpha value is -2.20. The van der Waals surface area contributed by atoms with Crippen LogP contribution < -0.4 is 11.1 Å². The number of nitrogens with one attached hydrogen (secondary N) is 1. The van der Waals surface area contributed by atoms with Crippen molar-refractivity contribution in [3.8, 4) is 0 Å². The van der Waals surface area contributed by atoms with Crippen molar-refractivity contribution in [2.45, 2.75) is 32.7 Å². The highest BCUT2D eigenvalue weighted by atomic mass is 19.1. The number of halogens is 1. The molecule has 0 bridgehead atoms. The fourth-order valence-corrected chi connectivity index (χ4v) is 2.38. The minimum absolute atomic E-state index is 0.297. The van der Waals surface area contributed by atoms with Crippen molar-refractivity contribution in [3.63, 3.8) is 0 Å². The zero-order valence-corrected chi connectivity index (χ0v) is 13.8. The van der Waals surface area contributed by atoms with Crippen molar-refractivity contribution in [1.29, 1.82) is 0 Å². The van der Waals surface area contributed by atoms with Crippen LogP contribution in [0.25, 0.3) is 0 Å². The number of aryl methyl sites for hydroxylation is 1. The van der Waals surface area contributed by atoms with Crippen molar-refractivity contribution in [2.75, 3.05) is 6.54 Å². The van der Waals surface area contributed by atoms with Gasteiger partial charge in [0.2, 0.25) is 0 Å². The first-order valence-electron chi connectivity index (χ1n) is 7.78. The molecule has 122 valence electrons. The third-order valence-electron chi connectivity index (χ3n) is 3.96. The second-order valence-electron chi connectivity index (χ2n) is 6.10. The van der Waals surface area contributed by atoms with E-state index in [1.54, 1.807) is 13.0 Å². The molecular weight excluding hydrogens is 291 g/mol. The van der Waals surface area contributed by atoms with Crippen LogP contribution in [0.3, 0.4) is 0 Å². The lowest BCUT2D eigenvalue weighted by Crippen LogP contribution is -2.32. The highest BCUT2D eigenvalue weighted by Crippen LogP contribution is 2.17. The van der Waals surface area contributed by atoms with Gasteiger partial charge in [-0.2, -0.15) is 0 Å². The first-order valence-corrected chi connectivity index (χ1v) is 7.78. The van der Waals surface area contributed by atoms with Crippen LogP contribution in [-0.2, 0) is 0 Å². The molecule has 3 nitrogen and oxygen atoms in total. The molecule has 0 spiro atoms. The molecule has 0 fully saturated rings. The maximum atomic E-state index is 13.3. The molecule has 2 rings (SSSR count). The quantitative estimate of drug-likeness (QED) is 0.884. The molecule has 3 N–H and O–H groups in total. The third kappa shape index (κ3) is 4.39. The van der Waals surface area contributed by atoms with Crippen LogP contribution >= 0.6 is 0 Å². The lowest BCUT2D eigenvalue weighted by Gasteiger charge is -2.15. The van der Waals surface area contributed by atoms with Gasteiger partial charge in [-0.25, -0.2) is 4.39 Å². The maximum Gasteiger partial charge on any atom is 0.251 e.